The summed E-state index contributed by atoms with van der Waals surface area (Å²) in [4.78, 5) is 10.6. The summed E-state index contributed by atoms with van der Waals surface area (Å²) in [7, 11) is 0. The lowest BCUT2D eigenvalue weighted by Crippen LogP contribution is -2.26. The summed E-state index contributed by atoms with van der Waals surface area (Å²) < 4.78 is 0.0543. The third-order valence-electron chi connectivity index (χ3n) is 2.61. The third kappa shape index (κ3) is 3.93. The van der Waals surface area contributed by atoms with E-state index in [-0.39, 0.29) is 15.4 Å². The van der Waals surface area contributed by atoms with Gasteiger partial charge < -0.3 is 5.32 Å². The van der Waals surface area contributed by atoms with E-state index in [0.717, 1.165) is 5.56 Å². The van der Waals surface area contributed by atoms with E-state index in [4.69, 9.17) is 0 Å². The van der Waals surface area contributed by atoms with Crippen molar-refractivity contribution in [3.05, 3.63) is 33.9 Å². The molecular formula is C12H18N2O2S. The number of rotatable bonds is 5. The van der Waals surface area contributed by atoms with Crippen molar-refractivity contribution < 1.29 is 4.92 Å². The number of nitro groups is 1. The molecule has 5 heteroatoms. The third-order valence-corrected chi connectivity index (χ3v) is 3.86. The van der Waals surface area contributed by atoms with Crippen LogP contribution in [0.5, 0.6) is 0 Å². The molecule has 0 radical (unpaired) electrons. The smallest absolute Gasteiger partial charge is 0.292 e. The van der Waals surface area contributed by atoms with Gasteiger partial charge in [-0.2, -0.15) is 11.8 Å². The Labute approximate surface area is 106 Å². The fourth-order valence-corrected chi connectivity index (χ4v) is 1.54. The molecular weight excluding hydrogens is 236 g/mol. The number of nitro benzene ring substituents is 1. The minimum absolute atomic E-state index is 0.0543. The first-order chi connectivity index (χ1) is 7.85. The van der Waals surface area contributed by atoms with E-state index in [9.17, 15) is 10.1 Å². The summed E-state index contributed by atoms with van der Waals surface area (Å²) in [6.45, 7) is 6.75. The van der Waals surface area contributed by atoms with Crippen LogP contribution >= 0.6 is 11.8 Å². The zero-order chi connectivity index (χ0) is 13.1. The van der Waals surface area contributed by atoms with Crippen molar-refractivity contribution in [1.29, 1.82) is 0 Å². The van der Waals surface area contributed by atoms with Gasteiger partial charge in [-0.25, -0.2) is 0 Å². The Bertz CT molecular complexity index is 419. The number of nitrogens with zero attached hydrogens (tertiary/aromatic N) is 1. The van der Waals surface area contributed by atoms with E-state index in [2.05, 4.69) is 19.2 Å². The number of thioether (sulfide) groups is 1. The van der Waals surface area contributed by atoms with E-state index >= 15 is 0 Å². The zero-order valence-electron chi connectivity index (χ0n) is 10.6. The highest BCUT2D eigenvalue weighted by Gasteiger charge is 2.19. The molecule has 0 aliphatic carbocycles. The van der Waals surface area contributed by atoms with Crippen molar-refractivity contribution in [1.82, 2.24) is 0 Å². The zero-order valence-corrected chi connectivity index (χ0v) is 11.4. The van der Waals surface area contributed by atoms with Crippen molar-refractivity contribution in [3.8, 4) is 0 Å². The topological polar surface area (TPSA) is 55.2 Å². The van der Waals surface area contributed by atoms with Gasteiger partial charge in [0.1, 0.15) is 5.69 Å². The summed E-state index contributed by atoms with van der Waals surface area (Å²) in [6.07, 6.45) is 2.03. The fourth-order valence-electron chi connectivity index (χ4n) is 1.32. The highest BCUT2D eigenvalue weighted by atomic mass is 32.2. The first-order valence-corrected chi connectivity index (χ1v) is 6.62. The minimum Gasteiger partial charge on any atom is -0.378 e. The SMILES string of the molecule is CSC(C)(C)CNc1ccc(C)cc1[N+](=O)[O-]. The molecule has 4 nitrogen and oxygen atoms in total. The van der Waals surface area contributed by atoms with E-state index in [1.165, 1.54) is 0 Å². The number of nitrogens with one attached hydrogen (secondary N) is 1. The monoisotopic (exact) mass is 254 g/mol. The lowest BCUT2D eigenvalue weighted by atomic mass is 10.1. The molecule has 0 atom stereocenters. The highest BCUT2D eigenvalue weighted by molar-refractivity contribution is 7.99. The molecule has 1 rings (SSSR count). The van der Waals surface area contributed by atoms with Gasteiger partial charge in [0.2, 0.25) is 0 Å². The number of hydrogen-bond donors (Lipinski definition) is 1. The predicted octanol–water partition coefficient (Wildman–Crippen LogP) is 3.46. The maximum atomic E-state index is 10.9. The Balaban J connectivity index is 2.88. The molecule has 0 unspecified atom stereocenters. The molecule has 1 N–H and O–H groups in total. The molecule has 17 heavy (non-hydrogen) atoms. The maximum Gasteiger partial charge on any atom is 0.292 e. The second-order valence-corrected chi connectivity index (χ2v) is 6.11. The molecule has 0 aliphatic heterocycles. The summed E-state index contributed by atoms with van der Waals surface area (Å²) in [5, 5.41) is 14.1. The minimum atomic E-state index is -0.346. The van der Waals surface area contributed by atoms with Crippen molar-refractivity contribution in [2.24, 2.45) is 0 Å². The van der Waals surface area contributed by atoms with Crippen molar-refractivity contribution in [2.45, 2.75) is 25.5 Å². The average Bonchev–Trinajstić information content (AvgIpc) is 2.27. The molecule has 0 saturated heterocycles. The largest absolute Gasteiger partial charge is 0.378 e. The van der Waals surface area contributed by atoms with Gasteiger partial charge in [-0.1, -0.05) is 6.07 Å². The highest BCUT2D eigenvalue weighted by Crippen LogP contribution is 2.28. The second kappa shape index (κ2) is 5.40. The molecule has 1 aromatic rings. The maximum absolute atomic E-state index is 10.9. The predicted molar refractivity (Wildman–Crippen MR) is 73.9 cm³/mol. The van der Waals surface area contributed by atoms with Crippen LogP contribution in [-0.2, 0) is 0 Å². The number of benzene rings is 1. The van der Waals surface area contributed by atoms with Crippen LogP contribution < -0.4 is 5.32 Å². The average molecular weight is 254 g/mol. The van der Waals surface area contributed by atoms with E-state index in [0.29, 0.717) is 12.2 Å². The molecule has 0 bridgehead atoms. The molecule has 0 spiro atoms. The number of aryl methyl sites for hydroxylation is 1. The molecule has 0 aliphatic rings. The standard InChI is InChI=1S/C12H18N2O2S/c1-9-5-6-10(11(7-9)14(15)16)13-8-12(2,3)17-4/h5-7,13H,8H2,1-4H3. The van der Waals surface area contributed by atoms with Gasteiger partial charge in [0, 0.05) is 17.4 Å². The molecule has 0 heterocycles. The van der Waals surface area contributed by atoms with Crippen LogP contribution in [-0.4, -0.2) is 22.5 Å². The van der Waals surface area contributed by atoms with Crippen molar-refractivity contribution in [3.63, 3.8) is 0 Å². The Morgan fingerprint density at radius 3 is 2.65 bits per heavy atom. The van der Waals surface area contributed by atoms with Crippen LogP contribution in [0.2, 0.25) is 0 Å². The van der Waals surface area contributed by atoms with Crippen LogP contribution in [0.4, 0.5) is 11.4 Å². The molecule has 1 aromatic carbocycles. The van der Waals surface area contributed by atoms with Gasteiger partial charge in [0.25, 0.3) is 5.69 Å². The van der Waals surface area contributed by atoms with Crippen molar-refractivity contribution in [2.75, 3.05) is 18.1 Å². The lowest BCUT2D eigenvalue weighted by Gasteiger charge is -2.22. The Morgan fingerprint density at radius 1 is 1.47 bits per heavy atom. The normalized spacial score (nSPS) is 11.3. The first kappa shape index (κ1) is 13.8. The lowest BCUT2D eigenvalue weighted by molar-refractivity contribution is -0.384. The Morgan fingerprint density at radius 2 is 2.12 bits per heavy atom. The molecule has 94 valence electrons. The van der Waals surface area contributed by atoms with Crippen LogP contribution in [0, 0.1) is 17.0 Å². The summed E-state index contributed by atoms with van der Waals surface area (Å²) in [5.74, 6) is 0. The van der Waals surface area contributed by atoms with Crippen LogP contribution in [0.25, 0.3) is 0 Å². The number of hydrogen-bond acceptors (Lipinski definition) is 4. The first-order valence-electron chi connectivity index (χ1n) is 5.40. The van der Waals surface area contributed by atoms with Crippen molar-refractivity contribution >= 4 is 23.1 Å². The molecule has 0 aromatic heterocycles. The van der Waals surface area contributed by atoms with E-state index in [1.54, 1.807) is 23.9 Å². The summed E-state index contributed by atoms with van der Waals surface area (Å²) >= 11 is 1.73. The van der Waals surface area contributed by atoms with Gasteiger partial charge in [-0.05, 0) is 38.7 Å². The van der Waals surface area contributed by atoms with Crippen LogP contribution in [0.3, 0.4) is 0 Å². The molecule has 0 saturated carbocycles. The van der Waals surface area contributed by atoms with Gasteiger partial charge in [-0.3, -0.25) is 10.1 Å². The van der Waals surface area contributed by atoms with Gasteiger partial charge in [0.15, 0.2) is 0 Å². The molecule has 0 amide bonds. The second-order valence-electron chi connectivity index (χ2n) is 4.60. The van der Waals surface area contributed by atoms with Gasteiger partial charge >= 0.3 is 0 Å². The molecule has 0 fully saturated rings. The van der Waals surface area contributed by atoms with Gasteiger partial charge in [0.05, 0.1) is 4.92 Å². The Kier molecular flexibility index (Phi) is 4.40. The van der Waals surface area contributed by atoms with Crippen LogP contribution in [0.1, 0.15) is 19.4 Å². The Hall–Kier alpha value is -1.23. The van der Waals surface area contributed by atoms with Crippen LogP contribution in [0.15, 0.2) is 18.2 Å². The summed E-state index contributed by atoms with van der Waals surface area (Å²) in [5.41, 5.74) is 1.62. The fraction of sp³-hybridized carbons (Fsp3) is 0.500. The summed E-state index contributed by atoms with van der Waals surface area (Å²) in [6, 6.07) is 5.24. The quantitative estimate of drug-likeness (QED) is 0.646. The number of anilines is 1. The van der Waals surface area contributed by atoms with E-state index < -0.39 is 0 Å². The van der Waals surface area contributed by atoms with Gasteiger partial charge in [-0.15, -0.1) is 0 Å². The van der Waals surface area contributed by atoms with E-state index in [1.807, 2.05) is 19.2 Å².